The van der Waals surface area contributed by atoms with Crippen molar-refractivity contribution in [2.75, 3.05) is 50.3 Å². The lowest BCUT2D eigenvalue weighted by atomic mass is 9.98. The average molecular weight is 383 g/mol. The van der Waals surface area contributed by atoms with Crippen LogP contribution in [0.5, 0.6) is 0 Å². The van der Waals surface area contributed by atoms with Crippen LogP contribution >= 0.6 is 0 Å². The zero-order chi connectivity index (χ0) is 19.3. The van der Waals surface area contributed by atoms with Gasteiger partial charge in [0.1, 0.15) is 0 Å². The molecule has 1 amide bonds. The predicted molar refractivity (Wildman–Crippen MR) is 99.5 cm³/mol. The number of ether oxygens (including phenoxy) is 1. The standard InChI is InChI=1S/C17H25N3O5S/c1-19(2)15-6-4-14(5-7-15)18-16(21)12-25-17(22)13-8-10-20(11-9-13)26(3,23)24/h4-7,13H,8-12H2,1-3H3,(H,18,21). The molecule has 8 nitrogen and oxygen atoms in total. The quantitative estimate of drug-likeness (QED) is 0.734. The van der Waals surface area contributed by atoms with Crippen molar-refractivity contribution < 1.29 is 22.7 Å². The molecule has 1 aromatic carbocycles. The first-order valence-electron chi connectivity index (χ1n) is 8.36. The minimum Gasteiger partial charge on any atom is -0.455 e. The maximum Gasteiger partial charge on any atom is 0.309 e. The van der Waals surface area contributed by atoms with Crippen LogP contribution < -0.4 is 10.2 Å². The maximum atomic E-state index is 12.1. The van der Waals surface area contributed by atoms with Gasteiger partial charge in [0.25, 0.3) is 5.91 Å². The lowest BCUT2D eigenvalue weighted by Crippen LogP contribution is -2.40. The van der Waals surface area contributed by atoms with Crippen molar-refractivity contribution in [1.82, 2.24) is 4.31 Å². The summed E-state index contributed by atoms with van der Waals surface area (Å²) >= 11 is 0. The van der Waals surface area contributed by atoms with Crippen LogP contribution in [0.25, 0.3) is 0 Å². The molecule has 26 heavy (non-hydrogen) atoms. The summed E-state index contributed by atoms with van der Waals surface area (Å²) in [4.78, 5) is 25.9. The van der Waals surface area contributed by atoms with E-state index in [1.54, 1.807) is 12.1 Å². The number of hydrogen-bond acceptors (Lipinski definition) is 6. The first-order chi connectivity index (χ1) is 12.2. The zero-order valence-electron chi connectivity index (χ0n) is 15.3. The van der Waals surface area contributed by atoms with E-state index in [9.17, 15) is 18.0 Å². The van der Waals surface area contributed by atoms with Gasteiger partial charge in [-0.25, -0.2) is 12.7 Å². The molecule has 2 rings (SSSR count). The molecule has 0 radical (unpaired) electrons. The van der Waals surface area contributed by atoms with Crippen LogP contribution in [0, 0.1) is 5.92 Å². The molecule has 0 unspecified atom stereocenters. The van der Waals surface area contributed by atoms with Crippen LogP contribution in [0.3, 0.4) is 0 Å². The Bertz CT molecular complexity index is 738. The van der Waals surface area contributed by atoms with Gasteiger partial charge in [-0.05, 0) is 37.1 Å². The molecule has 0 aliphatic carbocycles. The molecule has 1 aliphatic heterocycles. The Morgan fingerprint density at radius 2 is 1.77 bits per heavy atom. The molecule has 1 saturated heterocycles. The minimum absolute atomic E-state index is 0.295. The Hall–Kier alpha value is -2.13. The lowest BCUT2D eigenvalue weighted by Gasteiger charge is -2.28. The third-order valence-corrected chi connectivity index (χ3v) is 5.57. The van der Waals surface area contributed by atoms with Crippen molar-refractivity contribution in [2.45, 2.75) is 12.8 Å². The molecule has 0 bridgehead atoms. The highest BCUT2D eigenvalue weighted by atomic mass is 32.2. The Morgan fingerprint density at radius 3 is 2.27 bits per heavy atom. The summed E-state index contributed by atoms with van der Waals surface area (Å²) in [5.74, 6) is -1.25. The van der Waals surface area contributed by atoms with Crippen LogP contribution in [0.15, 0.2) is 24.3 Å². The van der Waals surface area contributed by atoms with Crippen LogP contribution in [0.2, 0.25) is 0 Å². The molecule has 1 heterocycles. The smallest absolute Gasteiger partial charge is 0.309 e. The first-order valence-corrected chi connectivity index (χ1v) is 10.2. The third kappa shape index (κ3) is 5.70. The molecule has 1 aliphatic rings. The second-order valence-electron chi connectivity index (χ2n) is 6.53. The molecular formula is C17H25N3O5S. The molecule has 1 fully saturated rings. The number of nitrogens with zero attached hydrogens (tertiary/aromatic N) is 2. The predicted octanol–water partition coefficient (Wildman–Crippen LogP) is 0.906. The maximum absolute atomic E-state index is 12.1. The molecule has 1 N–H and O–H groups in total. The molecule has 0 atom stereocenters. The van der Waals surface area contributed by atoms with E-state index in [2.05, 4.69) is 5.32 Å². The van der Waals surface area contributed by atoms with Crippen molar-refractivity contribution in [2.24, 2.45) is 5.92 Å². The monoisotopic (exact) mass is 383 g/mol. The zero-order valence-corrected chi connectivity index (χ0v) is 16.1. The number of anilines is 2. The van der Waals surface area contributed by atoms with E-state index in [1.165, 1.54) is 4.31 Å². The number of hydrogen-bond donors (Lipinski definition) is 1. The summed E-state index contributed by atoms with van der Waals surface area (Å²) < 4.78 is 29.3. The highest BCUT2D eigenvalue weighted by molar-refractivity contribution is 7.88. The summed E-state index contributed by atoms with van der Waals surface area (Å²) in [7, 11) is 0.618. The van der Waals surface area contributed by atoms with Gasteiger partial charge in [-0.3, -0.25) is 9.59 Å². The topological polar surface area (TPSA) is 96.0 Å². The second-order valence-corrected chi connectivity index (χ2v) is 8.52. The molecule has 0 spiro atoms. The molecule has 9 heteroatoms. The molecule has 0 aromatic heterocycles. The lowest BCUT2D eigenvalue weighted by molar-refractivity contribution is -0.152. The fourth-order valence-electron chi connectivity index (χ4n) is 2.72. The van der Waals surface area contributed by atoms with Gasteiger partial charge in [0.2, 0.25) is 10.0 Å². The van der Waals surface area contributed by atoms with E-state index in [1.807, 2.05) is 31.1 Å². The number of nitrogens with one attached hydrogen (secondary N) is 1. The van der Waals surface area contributed by atoms with Crippen molar-refractivity contribution >= 4 is 33.3 Å². The number of rotatable bonds is 6. The Labute approximate surface area is 154 Å². The van der Waals surface area contributed by atoms with Crippen LogP contribution in [-0.2, 0) is 24.3 Å². The third-order valence-electron chi connectivity index (χ3n) is 4.27. The van der Waals surface area contributed by atoms with Crippen molar-refractivity contribution in [3.05, 3.63) is 24.3 Å². The van der Waals surface area contributed by atoms with Crippen molar-refractivity contribution in [3.63, 3.8) is 0 Å². The van der Waals surface area contributed by atoms with E-state index in [0.717, 1.165) is 11.9 Å². The second kappa shape index (κ2) is 8.50. The van der Waals surface area contributed by atoms with Crippen LogP contribution in [0.1, 0.15) is 12.8 Å². The summed E-state index contributed by atoms with van der Waals surface area (Å²) in [6.07, 6.45) is 1.96. The van der Waals surface area contributed by atoms with E-state index in [0.29, 0.717) is 31.6 Å². The van der Waals surface area contributed by atoms with Crippen LogP contribution in [-0.4, -0.2) is 64.6 Å². The molecule has 144 valence electrons. The van der Waals surface area contributed by atoms with Gasteiger partial charge in [0, 0.05) is 38.6 Å². The largest absolute Gasteiger partial charge is 0.455 e. The van der Waals surface area contributed by atoms with Gasteiger partial charge in [0.15, 0.2) is 6.61 Å². The Kier molecular flexibility index (Phi) is 6.60. The van der Waals surface area contributed by atoms with Gasteiger partial charge in [-0.2, -0.15) is 0 Å². The van der Waals surface area contributed by atoms with Crippen LogP contribution in [0.4, 0.5) is 11.4 Å². The van der Waals surface area contributed by atoms with Crippen molar-refractivity contribution in [1.29, 1.82) is 0 Å². The van der Waals surface area contributed by atoms with Gasteiger partial charge in [-0.15, -0.1) is 0 Å². The molecule has 0 saturated carbocycles. The highest BCUT2D eigenvalue weighted by Crippen LogP contribution is 2.20. The fraction of sp³-hybridized carbons (Fsp3) is 0.529. The number of esters is 1. The number of amides is 1. The van der Waals surface area contributed by atoms with Gasteiger partial charge < -0.3 is 15.0 Å². The normalized spacial score (nSPS) is 16.1. The number of carbonyl (C=O) groups is 2. The summed E-state index contributed by atoms with van der Waals surface area (Å²) in [5, 5.41) is 2.67. The minimum atomic E-state index is -3.23. The number of benzene rings is 1. The SMILES string of the molecule is CN(C)c1ccc(NC(=O)COC(=O)C2CCN(S(C)(=O)=O)CC2)cc1. The number of sulfonamides is 1. The van der Waals surface area contributed by atoms with E-state index >= 15 is 0 Å². The Balaban J connectivity index is 1.76. The number of piperidine rings is 1. The summed E-state index contributed by atoms with van der Waals surface area (Å²) in [6.45, 7) is 0.229. The average Bonchev–Trinajstić information content (AvgIpc) is 2.59. The summed E-state index contributed by atoms with van der Waals surface area (Å²) in [6, 6.07) is 7.29. The molecular weight excluding hydrogens is 358 g/mol. The van der Waals surface area contributed by atoms with E-state index in [4.69, 9.17) is 4.74 Å². The van der Waals surface area contributed by atoms with E-state index in [-0.39, 0.29) is 12.5 Å². The summed E-state index contributed by atoms with van der Waals surface area (Å²) in [5.41, 5.74) is 1.63. The van der Waals surface area contributed by atoms with E-state index < -0.39 is 21.9 Å². The Morgan fingerprint density at radius 1 is 1.19 bits per heavy atom. The number of carbonyl (C=O) groups excluding carboxylic acids is 2. The fourth-order valence-corrected chi connectivity index (χ4v) is 3.59. The first kappa shape index (κ1) is 20.2. The molecule has 1 aromatic rings. The van der Waals surface area contributed by atoms with Gasteiger partial charge in [0.05, 0.1) is 12.2 Å². The highest BCUT2D eigenvalue weighted by Gasteiger charge is 2.30. The van der Waals surface area contributed by atoms with Gasteiger partial charge >= 0.3 is 5.97 Å². The van der Waals surface area contributed by atoms with Gasteiger partial charge in [-0.1, -0.05) is 0 Å². The van der Waals surface area contributed by atoms with Crippen molar-refractivity contribution in [3.8, 4) is 0 Å².